The second-order valence-corrected chi connectivity index (χ2v) is 8.57. The second kappa shape index (κ2) is 7.53. The molecular formula is C17H26N2O4S. The molecule has 0 radical (unpaired) electrons. The second-order valence-electron chi connectivity index (χ2n) is 6.54. The van der Waals surface area contributed by atoms with Gasteiger partial charge in [-0.3, -0.25) is 4.79 Å². The van der Waals surface area contributed by atoms with Crippen molar-refractivity contribution < 1.29 is 17.9 Å². The highest BCUT2D eigenvalue weighted by Crippen LogP contribution is 2.29. The molecule has 1 unspecified atom stereocenters. The summed E-state index contributed by atoms with van der Waals surface area (Å²) in [6.07, 6.45) is 3.78. The van der Waals surface area contributed by atoms with E-state index in [4.69, 9.17) is 10.5 Å². The molecule has 1 aliphatic rings. The van der Waals surface area contributed by atoms with Crippen molar-refractivity contribution in [3.63, 3.8) is 0 Å². The number of hydrogen-bond acceptors (Lipinski definition) is 5. The van der Waals surface area contributed by atoms with Gasteiger partial charge < -0.3 is 15.8 Å². The molecule has 1 amide bonds. The Morgan fingerprint density at radius 2 is 1.88 bits per heavy atom. The van der Waals surface area contributed by atoms with Crippen LogP contribution in [0.5, 0.6) is 5.75 Å². The van der Waals surface area contributed by atoms with Crippen LogP contribution in [0.15, 0.2) is 29.2 Å². The minimum absolute atomic E-state index is 0.192. The summed E-state index contributed by atoms with van der Waals surface area (Å²) in [4.78, 5) is 12.6. The first kappa shape index (κ1) is 18.7. The third-order valence-corrected chi connectivity index (χ3v) is 6.60. The molecule has 7 heteroatoms. The fraction of sp³-hybridized carbons (Fsp3) is 0.588. The predicted molar refractivity (Wildman–Crippen MR) is 92.6 cm³/mol. The van der Waals surface area contributed by atoms with Crippen LogP contribution in [-0.4, -0.2) is 39.3 Å². The van der Waals surface area contributed by atoms with Gasteiger partial charge >= 0.3 is 0 Å². The van der Waals surface area contributed by atoms with Crippen molar-refractivity contribution in [2.45, 2.75) is 43.0 Å². The standard InChI is InChI=1S/C17H26N2O4S/c1-13(16(20)19-17(12-18)9-3-4-10-17)11-24(21,22)15-7-5-14(23-2)6-8-15/h5-8,13H,3-4,9-12,18H2,1-2H3,(H,19,20). The maximum absolute atomic E-state index is 12.5. The summed E-state index contributed by atoms with van der Waals surface area (Å²) in [5.74, 6) is -0.530. The number of ether oxygens (including phenoxy) is 1. The van der Waals surface area contributed by atoms with Gasteiger partial charge in [-0.05, 0) is 37.1 Å². The van der Waals surface area contributed by atoms with Gasteiger partial charge in [0.25, 0.3) is 0 Å². The van der Waals surface area contributed by atoms with E-state index in [0.29, 0.717) is 12.3 Å². The molecule has 1 aliphatic carbocycles. The topological polar surface area (TPSA) is 98.5 Å². The van der Waals surface area contributed by atoms with Crippen molar-refractivity contribution in [2.75, 3.05) is 19.4 Å². The highest BCUT2D eigenvalue weighted by Gasteiger charge is 2.35. The lowest BCUT2D eigenvalue weighted by molar-refractivity contribution is -0.125. The largest absolute Gasteiger partial charge is 0.497 e. The predicted octanol–water partition coefficient (Wildman–Crippen LogP) is 1.49. The van der Waals surface area contributed by atoms with Crippen molar-refractivity contribution in [1.82, 2.24) is 5.32 Å². The van der Waals surface area contributed by atoms with E-state index >= 15 is 0 Å². The van der Waals surface area contributed by atoms with Crippen molar-refractivity contribution in [1.29, 1.82) is 0 Å². The Morgan fingerprint density at radius 1 is 1.29 bits per heavy atom. The molecule has 1 aromatic rings. The fourth-order valence-corrected chi connectivity index (χ4v) is 4.65. The van der Waals surface area contributed by atoms with Gasteiger partial charge in [0.2, 0.25) is 5.91 Å². The number of methoxy groups -OCH3 is 1. The summed E-state index contributed by atoms with van der Waals surface area (Å²) in [7, 11) is -2.02. The molecule has 1 fully saturated rings. The zero-order chi connectivity index (χ0) is 17.8. The van der Waals surface area contributed by atoms with Crippen molar-refractivity contribution >= 4 is 15.7 Å². The Balaban J connectivity index is 2.03. The third kappa shape index (κ3) is 4.27. The maximum Gasteiger partial charge on any atom is 0.224 e. The quantitative estimate of drug-likeness (QED) is 0.773. The van der Waals surface area contributed by atoms with Gasteiger partial charge in [-0.1, -0.05) is 19.8 Å². The van der Waals surface area contributed by atoms with Crippen LogP contribution in [0, 0.1) is 5.92 Å². The van der Waals surface area contributed by atoms with E-state index in [1.165, 1.54) is 19.2 Å². The molecule has 1 saturated carbocycles. The minimum atomic E-state index is -3.54. The van der Waals surface area contributed by atoms with Crippen molar-refractivity contribution in [3.8, 4) is 5.75 Å². The van der Waals surface area contributed by atoms with Crippen molar-refractivity contribution in [3.05, 3.63) is 24.3 Å². The molecule has 0 aliphatic heterocycles. The number of carbonyl (C=O) groups excluding carboxylic acids is 1. The Kier molecular flexibility index (Phi) is 5.87. The molecule has 1 aromatic carbocycles. The monoisotopic (exact) mass is 354 g/mol. The summed E-state index contributed by atoms with van der Waals surface area (Å²) >= 11 is 0. The van der Waals surface area contributed by atoms with E-state index in [2.05, 4.69) is 5.32 Å². The van der Waals surface area contributed by atoms with Crippen LogP contribution in [0.1, 0.15) is 32.6 Å². The van der Waals surface area contributed by atoms with E-state index in [1.807, 2.05) is 0 Å². The summed E-state index contributed by atoms with van der Waals surface area (Å²) in [5, 5.41) is 2.99. The first-order valence-electron chi connectivity index (χ1n) is 8.21. The fourth-order valence-electron chi connectivity index (χ4n) is 3.10. The summed E-state index contributed by atoms with van der Waals surface area (Å²) < 4.78 is 30.0. The van der Waals surface area contributed by atoms with Gasteiger partial charge in [0.15, 0.2) is 9.84 Å². The Labute approximate surface area is 143 Å². The number of nitrogens with two attached hydrogens (primary N) is 1. The molecule has 3 N–H and O–H groups in total. The molecule has 24 heavy (non-hydrogen) atoms. The highest BCUT2D eigenvalue weighted by molar-refractivity contribution is 7.91. The average Bonchev–Trinajstić information content (AvgIpc) is 3.03. The minimum Gasteiger partial charge on any atom is -0.497 e. The number of sulfone groups is 1. The molecule has 0 aromatic heterocycles. The Hall–Kier alpha value is -1.60. The van der Waals surface area contributed by atoms with E-state index in [0.717, 1.165) is 25.7 Å². The lowest BCUT2D eigenvalue weighted by Crippen LogP contribution is -2.53. The molecule has 0 heterocycles. The smallest absolute Gasteiger partial charge is 0.224 e. The van der Waals surface area contributed by atoms with Crippen molar-refractivity contribution in [2.24, 2.45) is 11.7 Å². The van der Waals surface area contributed by atoms with Crippen LogP contribution < -0.4 is 15.8 Å². The molecule has 0 bridgehead atoms. The summed E-state index contributed by atoms with van der Waals surface area (Å²) in [6, 6.07) is 6.19. The van der Waals surface area contributed by atoms with Gasteiger partial charge in [0.1, 0.15) is 5.75 Å². The molecule has 6 nitrogen and oxygen atoms in total. The molecule has 0 saturated heterocycles. The van der Waals surface area contributed by atoms with Crippen LogP contribution in [0.3, 0.4) is 0 Å². The van der Waals surface area contributed by atoms with Gasteiger partial charge in [-0.15, -0.1) is 0 Å². The van der Waals surface area contributed by atoms with Crippen LogP contribution in [-0.2, 0) is 14.6 Å². The third-order valence-electron chi connectivity index (χ3n) is 4.68. The first-order valence-corrected chi connectivity index (χ1v) is 9.86. The first-order chi connectivity index (χ1) is 11.3. The number of amides is 1. The van der Waals surface area contributed by atoms with Crippen LogP contribution in [0.25, 0.3) is 0 Å². The highest BCUT2D eigenvalue weighted by atomic mass is 32.2. The molecule has 0 spiro atoms. The van der Waals surface area contributed by atoms with Crippen LogP contribution in [0.4, 0.5) is 0 Å². The number of hydrogen-bond donors (Lipinski definition) is 2. The molecule has 2 rings (SSSR count). The lowest BCUT2D eigenvalue weighted by atomic mass is 9.97. The van der Waals surface area contributed by atoms with E-state index in [-0.39, 0.29) is 22.1 Å². The van der Waals surface area contributed by atoms with E-state index < -0.39 is 15.8 Å². The molecule has 1 atom stereocenters. The average molecular weight is 354 g/mol. The normalized spacial score (nSPS) is 18.1. The van der Waals surface area contributed by atoms with Gasteiger partial charge in [0, 0.05) is 12.5 Å². The van der Waals surface area contributed by atoms with Gasteiger partial charge in [-0.2, -0.15) is 0 Å². The SMILES string of the molecule is COc1ccc(S(=O)(=O)CC(C)C(=O)NC2(CN)CCCC2)cc1. The van der Waals surface area contributed by atoms with Crippen LogP contribution >= 0.6 is 0 Å². The number of carbonyl (C=O) groups is 1. The summed E-state index contributed by atoms with van der Waals surface area (Å²) in [5.41, 5.74) is 5.45. The number of nitrogens with one attached hydrogen (secondary N) is 1. The Bertz CT molecular complexity index is 664. The van der Waals surface area contributed by atoms with Gasteiger partial charge in [-0.25, -0.2) is 8.42 Å². The summed E-state index contributed by atoms with van der Waals surface area (Å²) in [6.45, 7) is 2.02. The molecular weight excluding hydrogens is 328 g/mol. The lowest BCUT2D eigenvalue weighted by Gasteiger charge is -2.30. The number of benzene rings is 1. The van der Waals surface area contributed by atoms with E-state index in [1.54, 1.807) is 19.1 Å². The molecule has 134 valence electrons. The zero-order valence-corrected chi connectivity index (χ0v) is 15.1. The Morgan fingerprint density at radius 3 is 2.38 bits per heavy atom. The number of rotatable bonds is 7. The van der Waals surface area contributed by atoms with E-state index in [9.17, 15) is 13.2 Å². The maximum atomic E-state index is 12.5. The van der Waals surface area contributed by atoms with Gasteiger partial charge in [0.05, 0.1) is 23.3 Å². The zero-order valence-electron chi connectivity index (χ0n) is 14.2. The van der Waals surface area contributed by atoms with Crippen LogP contribution in [0.2, 0.25) is 0 Å².